The van der Waals surface area contributed by atoms with Gasteiger partial charge in [0.05, 0.1) is 77.1 Å². The fourth-order valence-corrected chi connectivity index (χ4v) is 17.1. The van der Waals surface area contributed by atoms with Gasteiger partial charge in [0.25, 0.3) is 0 Å². The minimum Gasteiger partial charge on any atom is -0.304 e. The summed E-state index contributed by atoms with van der Waals surface area (Å²) in [5.41, 5.74) is 0.682. The topological polar surface area (TPSA) is 57.4 Å². The van der Waals surface area contributed by atoms with Crippen molar-refractivity contribution in [2.75, 3.05) is 0 Å². The molecular formula is C68H34N4S4. The minimum atomic E-state index is -0.696. The standard InChI is InChI=1S/C68H34N4S4/c69-35-51-57(37-15-3-1-4-16-37)52(36-70)60(72-63-45(29-33-49-41-21-9-13-25-55(41)75-67(49)63)46-30-34-50-42-22-10-14-26-56(42)76-68(50)64(46)72)58(38-17-5-2-6-18-38)59(51)71-61-43(27-31-47-39-19-7-11-23-53(39)73-65(47)61)44-28-32-48-40-20-8-12-24-54(40)74-66(48)62(44)71/h1-34H/i1D,2D,3D,4D,5D,6D,15D,16D,17D,18D. The summed E-state index contributed by atoms with van der Waals surface area (Å²) in [6.45, 7) is 0. The lowest BCUT2D eigenvalue weighted by molar-refractivity contribution is 1.13. The lowest BCUT2D eigenvalue weighted by atomic mass is 9.86. The molecule has 0 aliphatic rings. The fourth-order valence-electron chi connectivity index (χ4n) is 12.2. The number of nitrogens with zero attached hydrogens (tertiary/aromatic N) is 4. The summed E-state index contributed by atoms with van der Waals surface area (Å²) in [7, 11) is 0. The molecule has 17 aromatic rings. The lowest BCUT2D eigenvalue weighted by Gasteiger charge is -2.26. The van der Waals surface area contributed by atoms with Crippen molar-refractivity contribution < 1.29 is 13.7 Å². The van der Waals surface area contributed by atoms with Crippen LogP contribution in [0.3, 0.4) is 0 Å². The summed E-state index contributed by atoms with van der Waals surface area (Å²) in [4.78, 5) is 0. The van der Waals surface area contributed by atoms with Crippen molar-refractivity contribution in [2.45, 2.75) is 0 Å². The Morgan fingerprint density at radius 3 is 0.895 bits per heavy atom. The molecule has 0 spiro atoms. The van der Waals surface area contributed by atoms with Gasteiger partial charge in [0.15, 0.2) is 0 Å². The van der Waals surface area contributed by atoms with E-state index in [0.29, 0.717) is 22.1 Å². The smallest absolute Gasteiger partial charge is 0.102 e. The number of fused-ring (bicyclic) bond motifs is 22. The van der Waals surface area contributed by atoms with Crippen molar-refractivity contribution in [1.29, 1.82) is 10.5 Å². The van der Waals surface area contributed by atoms with Gasteiger partial charge in [0, 0.05) is 94.6 Å². The molecule has 6 heterocycles. The van der Waals surface area contributed by atoms with Crippen molar-refractivity contribution in [1.82, 2.24) is 9.13 Å². The Bertz CT molecular complexity index is 5530. The van der Waals surface area contributed by atoms with Gasteiger partial charge in [-0.25, -0.2) is 0 Å². The Labute approximate surface area is 463 Å². The number of hydrogen-bond donors (Lipinski definition) is 0. The average Bonchev–Trinajstić information content (AvgIpc) is 1.45. The molecule has 17 rings (SSSR count). The normalized spacial score (nSPS) is 14.0. The lowest BCUT2D eigenvalue weighted by Crippen LogP contribution is -2.11. The zero-order valence-corrected chi connectivity index (χ0v) is 42.5. The first-order valence-corrected chi connectivity index (χ1v) is 27.6. The van der Waals surface area contributed by atoms with E-state index in [1.807, 2.05) is 81.9 Å². The van der Waals surface area contributed by atoms with Crippen LogP contribution < -0.4 is 0 Å². The van der Waals surface area contributed by atoms with E-state index in [1.165, 1.54) is 0 Å². The van der Waals surface area contributed by atoms with Gasteiger partial charge in [0.1, 0.15) is 12.1 Å². The van der Waals surface area contributed by atoms with E-state index < -0.39 is 66.0 Å². The van der Waals surface area contributed by atoms with Gasteiger partial charge in [-0.3, -0.25) is 0 Å². The molecule has 0 N–H and O–H groups in total. The van der Waals surface area contributed by atoms with Crippen LogP contribution >= 0.6 is 45.3 Å². The van der Waals surface area contributed by atoms with Crippen LogP contribution in [0.1, 0.15) is 24.8 Å². The Morgan fingerprint density at radius 1 is 0.316 bits per heavy atom. The first kappa shape index (κ1) is 33.6. The van der Waals surface area contributed by atoms with E-state index in [9.17, 15) is 21.5 Å². The molecule has 0 saturated carbocycles. The number of benzene rings is 11. The third-order valence-electron chi connectivity index (χ3n) is 15.2. The third-order valence-corrected chi connectivity index (χ3v) is 19.9. The van der Waals surface area contributed by atoms with E-state index in [1.54, 1.807) is 45.3 Å². The molecule has 0 aliphatic carbocycles. The molecule has 0 atom stereocenters. The molecule has 0 bridgehead atoms. The number of hydrogen-bond acceptors (Lipinski definition) is 6. The first-order chi connectivity index (χ1) is 41.8. The maximum atomic E-state index is 12.6. The molecule has 0 amide bonds. The minimum absolute atomic E-state index is 0.0150. The predicted molar refractivity (Wildman–Crippen MR) is 327 cm³/mol. The second-order valence-electron chi connectivity index (χ2n) is 18.8. The van der Waals surface area contributed by atoms with E-state index >= 15 is 0 Å². The van der Waals surface area contributed by atoms with Gasteiger partial charge < -0.3 is 9.13 Å². The van der Waals surface area contributed by atoms with Crippen LogP contribution in [0.2, 0.25) is 0 Å². The molecule has 4 nitrogen and oxygen atoms in total. The van der Waals surface area contributed by atoms with Gasteiger partial charge in [-0.2, -0.15) is 10.5 Å². The largest absolute Gasteiger partial charge is 0.304 e. The molecule has 8 heteroatoms. The van der Waals surface area contributed by atoms with Crippen LogP contribution in [0.4, 0.5) is 0 Å². The van der Waals surface area contributed by atoms with Gasteiger partial charge >= 0.3 is 0 Å². The summed E-state index contributed by atoms with van der Waals surface area (Å²) >= 11 is 6.16. The van der Waals surface area contributed by atoms with Crippen LogP contribution in [0.25, 0.3) is 158 Å². The highest BCUT2D eigenvalue weighted by Crippen LogP contribution is 2.55. The van der Waals surface area contributed by atoms with Crippen LogP contribution in [0.5, 0.6) is 0 Å². The van der Waals surface area contributed by atoms with Crippen molar-refractivity contribution in [3.05, 3.63) is 217 Å². The molecule has 0 radical (unpaired) electrons. The van der Waals surface area contributed by atoms with Crippen LogP contribution in [0.15, 0.2) is 206 Å². The highest BCUT2D eigenvalue weighted by molar-refractivity contribution is 7.28. The molecule has 76 heavy (non-hydrogen) atoms. The Morgan fingerprint density at radius 2 is 0.592 bits per heavy atom. The molecule has 0 fully saturated rings. The quantitative estimate of drug-likeness (QED) is 0.176. The number of aromatic nitrogens is 2. The fraction of sp³-hybridized carbons (Fsp3) is 0. The van der Waals surface area contributed by atoms with E-state index in [-0.39, 0.29) is 39.2 Å². The van der Waals surface area contributed by atoms with Gasteiger partial charge in [-0.15, -0.1) is 45.3 Å². The number of thiophene rings is 4. The Hall–Kier alpha value is -9.12. The van der Waals surface area contributed by atoms with Crippen molar-refractivity contribution in [2.24, 2.45) is 0 Å². The maximum Gasteiger partial charge on any atom is 0.102 e. The highest BCUT2D eigenvalue weighted by Gasteiger charge is 2.34. The van der Waals surface area contributed by atoms with Crippen LogP contribution in [-0.4, -0.2) is 9.13 Å². The zero-order valence-electron chi connectivity index (χ0n) is 49.3. The molecule has 0 aliphatic heterocycles. The van der Waals surface area contributed by atoms with E-state index in [4.69, 9.17) is 2.74 Å². The van der Waals surface area contributed by atoms with Crippen molar-refractivity contribution in [3.8, 4) is 45.8 Å². The predicted octanol–water partition coefficient (Wildman–Crippen LogP) is 20.4. The number of nitriles is 2. The van der Waals surface area contributed by atoms with E-state index in [2.05, 4.69) is 84.9 Å². The zero-order chi connectivity index (χ0) is 58.6. The summed E-state index contributed by atoms with van der Waals surface area (Å²) in [6, 6.07) is 47.1. The Kier molecular flexibility index (Phi) is 6.95. The summed E-state index contributed by atoms with van der Waals surface area (Å²) < 4.78 is 107. The van der Waals surface area contributed by atoms with Crippen molar-refractivity contribution in [3.63, 3.8) is 0 Å². The molecule has 0 unspecified atom stereocenters. The van der Waals surface area contributed by atoms with Crippen molar-refractivity contribution >= 4 is 170 Å². The second-order valence-corrected chi connectivity index (χ2v) is 23.0. The highest BCUT2D eigenvalue weighted by atomic mass is 32.1. The second kappa shape index (κ2) is 15.7. The van der Waals surface area contributed by atoms with Crippen LogP contribution in [-0.2, 0) is 0 Å². The molecule has 11 aromatic carbocycles. The summed E-state index contributed by atoms with van der Waals surface area (Å²) in [5.74, 6) is 0. The summed E-state index contributed by atoms with van der Waals surface area (Å²) in [6.07, 6.45) is 0. The van der Waals surface area contributed by atoms with Crippen LogP contribution in [0, 0.1) is 22.7 Å². The molecule has 350 valence electrons. The first-order valence-electron chi connectivity index (χ1n) is 29.4. The van der Waals surface area contributed by atoms with E-state index in [0.717, 1.165) is 102 Å². The van der Waals surface area contributed by atoms with Gasteiger partial charge in [-0.1, -0.05) is 182 Å². The van der Waals surface area contributed by atoms with Gasteiger partial charge in [-0.05, 0) is 35.4 Å². The SMILES string of the molecule is [2H]c1c([2H])c([2H])c(-c2c(C#N)c(-n3c4c(ccc5c6ccccc6sc54)c4ccc5c6ccccc6sc5c43)c(-c3c([2H])c([2H])c([2H])c([2H])c3[2H])c(-n3c4c(ccc5c6ccccc6sc54)c4ccc5c6ccccc6sc5c43)c2C#N)c([2H])c1[2H]. The van der Waals surface area contributed by atoms with Gasteiger partial charge in [0.2, 0.25) is 0 Å². The molecule has 6 aromatic heterocycles. The maximum absolute atomic E-state index is 12.6. The third kappa shape index (κ3) is 5.53. The Balaban J connectivity index is 1.25. The number of rotatable bonds is 4. The molecule has 0 saturated heterocycles. The average molecular weight is 1050 g/mol. The molecular weight excluding hydrogens is 1000 g/mol. The summed E-state index contributed by atoms with van der Waals surface area (Å²) in [5, 5.41) is 35.7. The monoisotopic (exact) mass is 1040 g/mol.